The first-order valence-electron chi connectivity index (χ1n) is 8.57. The minimum atomic E-state index is 0.137. The number of aromatic nitrogens is 1. The molecule has 1 saturated carbocycles. The molecule has 0 bridgehead atoms. The Morgan fingerprint density at radius 3 is 2.73 bits per heavy atom. The van der Waals surface area contributed by atoms with Gasteiger partial charge in [-0.3, -0.25) is 9.69 Å². The van der Waals surface area contributed by atoms with Crippen molar-refractivity contribution in [3.63, 3.8) is 0 Å². The molecule has 0 spiro atoms. The molecule has 1 fully saturated rings. The van der Waals surface area contributed by atoms with Gasteiger partial charge >= 0.3 is 0 Å². The van der Waals surface area contributed by atoms with Crippen LogP contribution < -0.4 is 5.32 Å². The summed E-state index contributed by atoms with van der Waals surface area (Å²) in [5, 5.41) is 6.19. The molecule has 1 aliphatic rings. The number of thiazole rings is 1. The Morgan fingerprint density at radius 2 is 2.09 bits per heavy atom. The first-order valence-corrected chi connectivity index (χ1v) is 9.45. The van der Waals surface area contributed by atoms with Crippen molar-refractivity contribution in [1.29, 1.82) is 0 Å². The zero-order chi connectivity index (χ0) is 15.9. The molecule has 1 aliphatic carbocycles. The molecule has 1 aromatic heterocycles. The zero-order valence-corrected chi connectivity index (χ0v) is 14.9. The summed E-state index contributed by atoms with van der Waals surface area (Å²) in [6, 6.07) is 0. The Balaban J connectivity index is 1.79. The van der Waals surface area contributed by atoms with Gasteiger partial charge in [0.1, 0.15) is 5.01 Å². The number of amides is 1. The van der Waals surface area contributed by atoms with Crippen LogP contribution in [0.25, 0.3) is 0 Å². The molecule has 0 saturated heterocycles. The highest BCUT2D eigenvalue weighted by molar-refractivity contribution is 7.09. The van der Waals surface area contributed by atoms with Gasteiger partial charge < -0.3 is 5.32 Å². The summed E-state index contributed by atoms with van der Waals surface area (Å²) in [7, 11) is 0. The van der Waals surface area contributed by atoms with Crippen molar-refractivity contribution in [2.45, 2.75) is 59.5 Å². The minimum absolute atomic E-state index is 0.137. The van der Waals surface area contributed by atoms with Gasteiger partial charge in [-0.2, -0.15) is 0 Å². The molecule has 1 amide bonds. The molecule has 124 valence electrons. The molecule has 1 aromatic rings. The number of hydrogen-bond acceptors (Lipinski definition) is 4. The monoisotopic (exact) mass is 323 g/mol. The molecular weight excluding hydrogens is 294 g/mol. The van der Waals surface area contributed by atoms with Gasteiger partial charge in [-0.15, -0.1) is 11.3 Å². The van der Waals surface area contributed by atoms with Gasteiger partial charge in [-0.05, 0) is 31.8 Å². The van der Waals surface area contributed by atoms with Gasteiger partial charge in [0, 0.05) is 17.8 Å². The molecule has 2 rings (SSSR count). The highest BCUT2D eigenvalue weighted by atomic mass is 32.1. The van der Waals surface area contributed by atoms with E-state index in [-0.39, 0.29) is 11.8 Å². The maximum Gasteiger partial charge on any atom is 0.223 e. The molecule has 1 unspecified atom stereocenters. The third-order valence-electron chi connectivity index (χ3n) is 4.81. The van der Waals surface area contributed by atoms with E-state index >= 15 is 0 Å². The Morgan fingerprint density at radius 1 is 1.41 bits per heavy atom. The number of hydrogen-bond donors (Lipinski definition) is 1. The van der Waals surface area contributed by atoms with E-state index in [0.29, 0.717) is 12.5 Å². The van der Waals surface area contributed by atoms with Crippen LogP contribution in [-0.4, -0.2) is 28.9 Å². The average molecular weight is 324 g/mol. The van der Waals surface area contributed by atoms with Crippen molar-refractivity contribution >= 4 is 17.2 Å². The van der Waals surface area contributed by atoms with Crippen LogP contribution in [0.5, 0.6) is 0 Å². The lowest BCUT2D eigenvalue weighted by Crippen LogP contribution is -2.32. The van der Waals surface area contributed by atoms with Crippen LogP contribution in [0.1, 0.15) is 57.2 Å². The summed E-state index contributed by atoms with van der Waals surface area (Å²) >= 11 is 1.65. The summed E-state index contributed by atoms with van der Waals surface area (Å²) < 4.78 is 0. The average Bonchev–Trinajstić information content (AvgIpc) is 3.21. The Bertz CT molecular complexity index is 464. The SMILES string of the molecule is CCN(CC)Cc1csc(CNC(=O)C(C)C2CCCC2)n1. The first-order chi connectivity index (χ1) is 10.6. The molecule has 1 N–H and O–H groups in total. The van der Waals surface area contributed by atoms with E-state index in [1.807, 2.05) is 0 Å². The lowest BCUT2D eigenvalue weighted by atomic mass is 9.92. The predicted molar refractivity (Wildman–Crippen MR) is 91.7 cm³/mol. The fourth-order valence-electron chi connectivity index (χ4n) is 3.17. The van der Waals surface area contributed by atoms with Crippen LogP contribution in [0.4, 0.5) is 0 Å². The van der Waals surface area contributed by atoms with Crippen molar-refractivity contribution in [2.24, 2.45) is 11.8 Å². The van der Waals surface area contributed by atoms with Crippen molar-refractivity contribution < 1.29 is 4.79 Å². The van der Waals surface area contributed by atoms with Gasteiger partial charge in [-0.25, -0.2) is 4.98 Å². The molecule has 4 nitrogen and oxygen atoms in total. The number of nitrogens with zero attached hydrogens (tertiary/aromatic N) is 2. The van der Waals surface area contributed by atoms with E-state index in [1.165, 1.54) is 25.7 Å². The van der Waals surface area contributed by atoms with Gasteiger partial charge in [0.15, 0.2) is 0 Å². The molecule has 1 heterocycles. The molecule has 0 radical (unpaired) electrons. The maximum atomic E-state index is 12.2. The van der Waals surface area contributed by atoms with Crippen LogP contribution in [0.3, 0.4) is 0 Å². The fraction of sp³-hybridized carbons (Fsp3) is 0.765. The molecule has 22 heavy (non-hydrogen) atoms. The van der Waals surface area contributed by atoms with Gasteiger partial charge in [0.2, 0.25) is 5.91 Å². The van der Waals surface area contributed by atoms with E-state index in [1.54, 1.807) is 11.3 Å². The maximum absolute atomic E-state index is 12.2. The van der Waals surface area contributed by atoms with Gasteiger partial charge in [0.05, 0.1) is 12.2 Å². The largest absolute Gasteiger partial charge is 0.349 e. The first kappa shape index (κ1) is 17.4. The van der Waals surface area contributed by atoms with Crippen LogP contribution in [0.15, 0.2) is 5.38 Å². The van der Waals surface area contributed by atoms with E-state index < -0.39 is 0 Å². The van der Waals surface area contributed by atoms with Crippen molar-refractivity contribution in [1.82, 2.24) is 15.2 Å². The van der Waals surface area contributed by atoms with E-state index in [9.17, 15) is 4.79 Å². The summed E-state index contributed by atoms with van der Waals surface area (Å²) in [5.41, 5.74) is 1.11. The number of carbonyl (C=O) groups is 1. The second kappa shape index (κ2) is 8.63. The Labute approximate surface area is 138 Å². The second-order valence-electron chi connectivity index (χ2n) is 6.24. The topological polar surface area (TPSA) is 45.2 Å². The molecule has 5 heteroatoms. The molecular formula is C17H29N3OS. The summed E-state index contributed by atoms with van der Waals surface area (Å²) in [6.07, 6.45) is 4.98. The summed E-state index contributed by atoms with van der Waals surface area (Å²) in [4.78, 5) is 19.2. The van der Waals surface area contributed by atoms with E-state index in [4.69, 9.17) is 0 Å². The van der Waals surface area contributed by atoms with Crippen molar-refractivity contribution in [3.05, 3.63) is 16.1 Å². The standard InChI is InChI=1S/C17H29N3OS/c1-4-20(5-2)11-15-12-22-16(19-15)10-18-17(21)13(3)14-8-6-7-9-14/h12-14H,4-11H2,1-3H3,(H,18,21). The summed E-state index contributed by atoms with van der Waals surface area (Å²) in [6.45, 7) is 9.95. The molecule has 1 atom stereocenters. The minimum Gasteiger partial charge on any atom is -0.349 e. The van der Waals surface area contributed by atoms with E-state index in [0.717, 1.165) is 30.3 Å². The third-order valence-corrected chi connectivity index (χ3v) is 5.71. The molecule has 0 aliphatic heterocycles. The fourth-order valence-corrected chi connectivity index (χ4v) is 3.90. The third kappa shape index (κ3) is 4.78. The zero-order valence-electron chi connectivity index (χ0n) is 14.1. The predicted octanol–water partition coefficient (Wildman–Crippen LogP) is 3.43. The quantitative estimate of drug-likeness (QED) is 0.797. The van der Waals surface area contributed by atoms with Crippen LogP contribution in [0, 0.1) is 11.8 Å². The number of nitrogens with one attached hydrogen (secondary N) is 1. The number of carbonyl (C=O) groups excluding carboxylic acids is 1. The Kier molecular flexibility index (Phi) is 6.83. The van der Waals surface area contributed by atoms with Gasteiger partial charge in [0.25, 0.3) is 0 Å². The van der Waals surface area contributed by atoms with Crippen LogP contribution in [-0.2, 0) is 17.9 Å². The normalized spacial score (nSPS) is 17.1. The Hall–Kier alpha value is -0.940. The van der Waals surface area contributed by atoms with Crippen molar-refractivity contribution in [3.8, 4) is 0 Å². The van der Waals surface area contributed by atoms with Crippen LogP contribution >= 0.6 is 11.3 Å². The van der Waals surface area contributed by atoms with E-state index in [2.05, 4.69) is 41.4 Å². The lowest BCUT2D eigenvalue weighted by molar-refractivity contribution is -0.126. The highest BCUT2D eigenvalue weighted by Crippen LogP contribution is 2.31. The van der Waals surface area contributed by atoms with Gasteiger partial charge in [-0.1, -0.05) is 33.6 Å². The lowest BCUT2D eigenvalue weighted by Gasteiger charge is -2.17. The molecule has 0 aromatic carbocycles. The second-order valence-corrected chi connectivity index (χ2v) is 7.19. The van der Waals surface area contributed by atoms with Crippen molar-refractivity contribution in [2.75, 3.05) is 13.1 Å². The highest BCUT2D eigenvalue weighted by Gasteiger charge is 2.26. The smallest absolute Gasteiger partial charge is 0.223 e. The summed E-state index contributed by atoms with van der Waals surface area (Å²) in [5.74, 6) is 0.902. The van der Waals surface area contributed by atoms with Crippen LogP contribution in [0.2, 0.25) is 0 Å². The number of rotatable bonds is 8.